The Hall–Kier alpha value is -2.18. The van der Waals surface area contributed by atoms with E-state index in [1.54, 1.807) is 44.9 Å². The van der Waals surface area contributed by atoms with Gasteiger partial charge < -0.3 is 4.90 Å². The fourth-order valence-electron chi connectivity index (χ4n) is 2.69. The lowest BCUT2D eigenvalue weighted by Crippen LogP contribution is -2.40. The summed E-state index contributed by atoms with van der Waals surface area (Å²) in [4.78, 5) is 14.4. The number of hydrogen-bond donors (Lipinski definition) is 1. The normalized spacial score (nSPS) is 12.0. The summed E-state index contributed by atoms with van der Waals surface area (Å²) >= 11 is 0. The standard InChI is InChI=1S/C21H28N2O3S/c1-6-16-7-9-17(10-8-16)15-23(5)20(24)18-11-13-19(14-12-18)27(25,26)22-21(2,3)4/h7-14,22H,6,15H2,1-5H3. The number of sulfonamides is 1. The Morgan fingerprint density at radius 3 is 1.96 bits per heavy atom. The lowest BCUT2D eigenvalue weighted by molar-refractivity contribution is 0.0785. The maximum atomic E-state index is 12.6. The van der Waals surface area contributed by atoms with Crippen LogP contribution in [0.25, 0.3) is 0 Å². The molecule has 0 bridgehead atoms. The molecule has 2 aromatic carbocycles. The maximum Gasteiger partial charge on any atom is 0.253 e. The van der Waals surface area contributed by atoms with E-state index < -0.39 is 15.6 Å². The minimum Gasteiger partial charge on any atom is -0.337 e. The largest absolute Gasteiger partial charge is 0.337 e. The first kappa shape index (κ1) is 21.1. The smallest absolute Gasteiger partial charge is 0.253 e. The fraction of sp³-hybridized carbons (Fsp3) is 0.381. The Labute approximate surface area is 162 Å². The van der Waals surface area contributed by atoms with E-state index in [1.807, 2.05) is 12.1 Å². The topological polar surface area (TPSA) is 66.5 Å². The summed E-state index contributed by atoms with van der Waals surface area (Å²) in [6, 6.07) is 14.2. The zero-order valence-corrected chi connectivity index (χ0v) is 17.4. The summed E-state index contributed by atoms with van der Waals surface area (Å²) in [6.45, 7) is 7.94. The average Bonchev–Trinajstić information content (AvgIpc) is 2.60. The Bertz CT molecular complexity index is 881. The molecule has 2 aromatic rings. The number of hydrogen-bond acceptors (Lipinski definition) is 3. The second-order valence-corrected chi connectivity index (χ2v) is 9.39. The minimum absolute atomic E-state index is 0.145. The summed E-state index contributed by atoms with van der Waals surface area (Å²) < 4.78 is 27.3. The summed E-state index contributed by atoms with van der Waals surface area (Å²) in [5, 5.41) is 0. The molecule has 0 spiro atoms. The highest BCUT2D eigenvalue weighted by atomic mass is 32.2. The van der Waals surface area contributed by atoms with E-state index in [1.165, 1.54) is 17.7 Å². The van der Waals surface area contributed by atoms with Gasteiger partial charge >= 0.3 is 0 Å². The molecule has 0 saturated carbocycles. The number of rotatable bonds is 6. The quantitative estimate of drug-likeness (QED) is 0.822. The van der Waals surface area contributed by atoms with Crippen molar-refractivity contribution in [3.05, 3.63) is 65.2 Å². The van der Waals surface area contributed by atoms with Gasteiger partial charge in [0.1, 0.15) is 0 Å². The molecule has 0 saturated heterocycles. The number of carbonyl (C=O) groups is 1. The van der Waals surface area contributed by atoms with Gasteiger partial charge in [0, 0.05) is 24.7 Å². The molecule has 1 amide bonds. The molecule has 6 heteroatoms. The Balaban J connectivity index is 2.10. The van der Waals surface area contributed by atoms with E-state index >= 15 is 0 Å². The summed E-state index contributed by atoms with van der Waals surface area (Å²) in [5.41, 5.74) is 2.20. The van der Waals surface area contributed by atoms with Crippen LogP contribution >= 0.6 is 0 Å². The SMILES string of the molecule is CCc1ccc(CN(C)C(=O)c2ccc(S(=O)(=O)NC(C)(C)C)cc2)cc1. The predicted molar refractivity (Wildman–Crippen MR) is 108 cm³/mol. The molecule has 0 radical (unpaired) electrons. The van der Waals surface area contributed by atoms with Crippen molar-refractivity contribution in [3.8, 4) is 0 Å². The molecule has 0 fully saturated rings. The van der Waals surface area contributed by atoms with Crippen LogP contribution < -0.4 is 4.72 Å². The van der Waals surface area contributed by atoms with Crippen molar-refractivity contribution in [1.82, 2.24) is 9.62 Å². The summed E-state index contributed by atoms with van der Waals surface area (Å²) in [7, 11) is -1.87. The van der Waals surface area contributed by atoms with Crippen LogP contribution in [0, 0.1) is 0 Å². The molecule has 2 rings (SSSR count). The van der Waals surface area contributed by atoms with Crippen molar-refractivity contribution >= 4 is 15.9 Å². The molecular weight excluding hydrogens is 360 g/mol. The fourth-order valence-corrected chi connectivity index (χ4v) is 4.10. The highest BCUT2D eigenvalue weighted by Crippen LogP contribution is 2.16. The van der Waals surface area contributed by atoms with Crippen LogP contribution in [0.4, 0.5) is 0 Å². The van der Waals surface area contributed by atoms with Crippen LogP contribution in [0.3, 0.4) is 0 Å². The molecule has 146 valence electrons. The number of amides is 1. The third kappa shape index (κ3) is 5.91. The Kier molecular flexibility index (Phi) is 6.44. The Morgan fingerprint density at radius 1 is 0.963 bits per heavy atom. The van der Waals surface area contributed by atoms with Crippen LogP contribution in [-0.2, 0) is 23.0 Å². The van der Waals surface area contributed by atoms with E-state index in [2.05, 4.69) is 23.8 Å². The van der Waals surface area contributed by atoms with E-state index in [-0.39, 0.29) is 10.8 Å². The minimum atomic E-state index is -3.61. The van der Waals surface area contributed by atoms with Crippen molar-refractivity contribution in [2.75, 3.05) is 7.05 Å². The van der Waals surface area contributed by atoms with Gasteiger partial charge in [-0.1, -0.05) is 31.2 Å². The molecule has 27 heavy (non-hydrogen) atoms. The number of aryl methyl sites for hydroxylation is 1. The van der Waals surface area contributed by atoms with Gasteiger partial charge in [0.05, 0.1) is 4.90 Å². The molecule has 0 heterocycles. The molecule has 1 N–H and O–H groups in total. The van der Waals surface area contributed by atoms with Crippen molar-refractivity contribution < 1.29 is 13.2 Å². The van der Waals surface area contributed by atoms with Gasteiger partial charge in [0.25, 0.3) is 5.91 Å². The van der Waals surface area contributed by atoms with Gasteiger partial charge in [0.15, 0.2) is 0 Å². The van der Waals surface area contributed by atoms with Crippen LogP contribution in [0.15, 0.2) is 53.4 Å². The number of nitrogens with one attached hydrogen (secondary N) is 1. The molecule has 0 unspecified atom stereocenters. The first-order valence-corrected chi connectivity index (χ1v) is 10.5. The Morgan fingerprint density at radius 2 is 1.48 bits per heavy atom. The van der Waals surface area contributed by atoms with Crippen molar-refractivity contribution in [3.63, 3.8) is 0 Å². The number of carbonyl (C=O) groups excluding carboxylic acids is 1. The zero-order chi connectivity index (χ0) is 20.2. The second-order valence-electron chi connectivity index (χ2n) is 7.71. The van der Waals surface area contributed by atoms with Crippen LogP contribution in [0.1, 0.15) is 49.2 Å². The summed E-state index contributed by atoms with van der Waals surface area (Å²) in [6.07, 6.45) is 0.981. The lowest BCUT2D eigenvalue weighted by Gasteiger charge is -2.21. The zero-order valence-electron chi connectivity index (χ0n) is 16.6. The van der Waals surface area contributed by atoms with E-state index in [9.17, 15) is 13.2 Å². The highest BCUT2D eigenvalue weighted by Gasteiger charge is 2.22. The first-order valence-electron chi connectivity index (χ1n) is 8.99. The molecule has 0 aliphatic heterocycles. The molecule has 5 nitrogen and oxygen atoms in total. The van der Waals surface area contributed by atoms with Crippen molar-refractivity contribution in [2.45, 2.75) is 51.1 Å². The molecular formula is C21H28N2O3S. The molecule has 0 aliphatic carbocycles. The maximum absolute atomic E-state index is 12.6. The second kappa shape index (κ2) is 8.23. The third-order valence-corrected chi connectivity index (χ3v) is 5.82. The first-order chi connectivity index (χ1) is 12.5. The van der Waals surface area contributed by atoms with Gasteiger partial charge in [-0.25, -0.2) is 13.1 Å². The van der Waals surface area contributed by atoms with Crippen LogP contribution in [0.2, 0.25) is 0 Å². The lowest BCUT2D eigenvalue weighted by atomic mass is 10.1. The van der Waals surface area contributed by atoms with E-state index in [4.69, 9.17) is 0 Å². The third-order valence-electron chi connectivity index (χ3n) is 4.05. The van der Waals surface area contributed by atoms with Gasteiger partial charge in [-0.05, 0) is 62.6 Å². The van der Waals surface area contributed by atoms with Crippen molar-refractivity contribution in [2.24, 2.45) is 0 Å². The predicted octanol–water partition coefficient (Wildman–Crippen LogP) is 3.60. The molecule has 0 aliphatic rings. The van der Waals surface area contributed by atoms with Crippen molar-refractivity contribution in [1.29, 1.82) is 0 Å². The van der Waals surface area contributed by atoms with E-state index in [0.717, 1.165) is 12.0 Å². The molecule has 0 atom stereocenters. The van der Waals surface area contributed by atoms with E-state index in [0.29, 0.717) is 12.1 Å². The average molecular weight is 389 g/mol. The van der Waals surface area contributed by atoms with Gasteiger partial charge in [-0.3, -0.25) is 4.79 Å². The number of benzene rings is 2. The summed E-state index contributed by atoms with van der Waals surface area (Å²) in [5.74, 6) is -0.151. The number of nitrogens with zero attached hydrogens (tertiary/aromatic N) is 1. The van der Waals surface area contributed by atoms with Crippen LogP contribution in [0.5, 0.6) is 0 Å². The van der Waals surface area contributed by atoms with Gasteiger partial charge in [-0.15, -0.1) is 0 Å². The van der Waals surface area contributed by atoms with Crippen LogP contribution in [-0.4, -0.2) is 31.8 Å². The van der Waals surface area contributed by atoms with Gasteiger partial charge in [0.2, 0.25) is 10.0 Å². The monoisotopic (exact) mass is 388 g/mol. The van der Waals surface area contributed by atoms with Gasteiger partial charge in [-0.2, -0.15) is 0 Å². The molecule has 0 aromatic heterocycles. The highest BCUT2D eigenvalue weighted by molar-refractivity contribution is 7.89.